The van der Waals surface area contributed by atoms with E-state index < -0.39 is 49.4 Å². The number of rotatable bonds is 7. The summed E-state index contributed by atoms with van der Waals surface area (Å²) in [7, 11) is -4.67. The summed E-state index contributed by atoms with van der Waals surface area (Å²) in [4.78, 5) is 18.4. The molecule has 3 aromatic rings. The fourth-order valence-corrected chi connectivity index (χ4v) is 5.95. The molecule has 1 N–H and O–H groups in total. The van der Waals surface area contributed by atoms with Crippen LogP contribution in [0, 0.1) is 5.82 Å². The Morgan fingerprint density at radius 3 is 2.61 bits per heavy atom. The van der Waals surface area contributed by atoms with Gasteiger partial charge in [-0.15, -0.1) is 10.2 Å². The first-order valence-corrected chi connectivity index (χ1v) is 12.4. The number of phosphoric ester groups is 1. The molecule has 18 heteroatoms. The number of halogens is 4. The number of hydrogen-bond donors (Lipinski definition) is 1. The summed E-state index contributed by atoms with van der Waals surface area (Å²) in [6.07, 6.45) is -3.41. The lowest BCUT2D eigenvalue weighted by Crippen LogP contribution is -2.68. The molecule has 200 valence electrons. The number of carbonyl (C=O) groups excluding carboxylic acids is 1. The molecule has 0 saturated carbocycles. The maximum Gasteiger partial charge on any atom is 0.487 e. The number of aliphatic hydroxyl groups excluding tert-OH is 1. The molecular formula is C20H15F4N6O7P. The van der Waals surface area contributed by atoms with Crippen LogP contribution in [0.4, 0.5) is 28.0 Å². The van der Waals surface area contributed by atoms with E-state index in [-0.39, 0.29) is 16.3 Å². The van der Waals surface area contributed by atoms with Gasteiger partial charge < -0.3 is 9.84 Å². The molecule has 4 aliphatic heterocycles. The number of ether oxygens (including phenoxy) is 1. The fraction of sp³-hybridized carbons (Fsp3) is 0.350. The van der Waals surface area contributed by atoms with Crippen LogP contribution < -0.4 is 4.90 Å². The lowest BCUT2D eigenvalue weighted by molar-refractivity contribution is -0.362. The molecule has 0 aliphatic carbocycles. The molecular weight excluding hydrogens is 543 g/mol. The van der Waals surface area contributed by atoms with E-state index in [0.29, 0.717) is 17.8 Å². The van der Waals surface area contributed by atoms with Crippen LogP contribution in [-0.4, -0.2) is 60.4 Å². The number of pyridine rings is 1. The molecule has 4 aliphatic rings. The second kappa shape index (κ2) is 8.00. The van der Waals surface area contributed by atoms with Gasteiger partial charge in [0.1, 0.15) is 11.5 Å². The number of hydrogen-bond acceptors (Lipinski definition) is 11. The molecule has 0 radical (unpaired) electrons. The van der Waals surface area contributed by atoms with Crippen LogP contribution in [0.2, 0.25) is 0 Å². The first kappa shape index (κ1) is 24.8. The predicted octanol–water partition coefficient (Wildman–Crippen LogP) is 3.37. The molecule has 6 heterocycles. The van der Waals surface area contributed by atoms with Crippen molar-refractivity contribution in [1.29, 1.82) is 0 Å². The Labute approximate surface area is 209 Å². The third kappa shape index (κ3) is 3.19. The van der Waals surface area contributed by atoms with Crippen molar-refractivity contribution in [2.45, 2.75) is 43.9 Å². The molecule has 2 bridgehead atoms. The molecule has 38 heavy (non-hydrogen) atoms. The zero-order valence-corrected chi connectivity index (χ0v) is 19.9. The monoisotopic (exact) mass is 558 g/mol. The number of phosphoric acid groups is 1. The summed E-state index contributed by atoms with van der Waals surface area (Å²) < 4.78 is 88.8. The quantitative estimate of drug-likeness (QED) is 0.336. The number of aliphatic hydroxyl groups is 1. The van der Waals surface area contributed by atoms with E-state index >= 15 is 4.39 Å². The Bertz CT molecular complexity index is 1500. The lowest BCUT2D eigenvalue weighted by atomic mass is 10.0. The van der Waals surface area contributed by atoms with Gasteiger partial charge in [-0.3, -0.25) is 4.98 Å². The maximum atomic E-state index is 15.2. The SMILES string of the molecule is CCCn1nnc(-c2ccc(-c3ccc(N4C(=O)O[C@]5(C(F)(F)[C@@H](O)F)OP6(=O)OC45O6)cc3F)cn2)n1. The molecule has 4 saturated heterocycles. The van der Waals surface area contributed by atoms with Crippen molar-refractivity contribution in [1.82, 2.24) is 25.2 Å². The highest BCUT2D eigenvalue weighted by Crippen LogP contribution is 2.82. The first-order chi connectivity index (χ1) is 18.0. The van der Waals surface area contributed by atoms with Crippen molar-refractivity contribution in [2.24, 2.45) is 0 Å². The lowest BCUT2D eigenvalue weighted by Gasteiger charge is -2.40. The average molecular weight is 558 g/mol. The Kier molecular flexibility index (Phi) is 5.23. The number of amides is 1. The van der Waals surface area contributed by atoms with Crippen LogP contribution in [0.25, 0.3) is 22.6 Å². The summed E-state index contributed by atoms with van der Waals surface area (Å²) in [5, 5.41) is 21.0. The van der Waals surface area contributed by atoms with E-state index in [2.05, 4.69) is 29.7 Å². The van der Waals surface area contributed by atoms with Crippen LogP contribution in [0.3, 0.4) is 0 Å². The van der Waals surface area contributed by atoms with Gasteiger partial charge in [-0.25, -0.2) is 36.6 Å². The van der Waals surface area contributed by atoms with Crippen molar-refractivity contribution in [3.05, 3.63) is 42.3 Å². The van der Waals surface area contributed by atoms with E-state index in [1.807, 2.05) is 6.92 Å². The molecule has 4 fully saturated rings. The minimum Gasteiger partial charge on any atom is -0.401 e. The Morgan fingerprint density at radius 2 is 1.97 bits per heavy atom. The Balaban J connectivity index is 1.31. The van der Waals surface area contributed by atoms with Crippen LogP contribution >= 0.6 is 7.82 Å². The highest BCUT2D eigenvalue weighted by atomic mass is 31.2. The average Bonchev–Trinajstić information content (AvgIpc) is 3.53. The fourth-order valence-electron chi connectivity index (χ4n) is 4.26. The Hall–Kier alpha value is -3.50. The zero-order valence-electron chi connectivity index (χ0n) is 19.0. The molecule has 1 amide bonds. The number of anilines is 1. The van der Waals surface area contributed by atoms with Gasteiger partial charge in [0.15, 0.2) is 0 Å². The Morgan fingerprint density at radius 1 is 1.21 bits per heavy atom. The van der Waals surface area contributed by atoms with Crippen LogP contribution in [-0.2, 0) is 29.4 Å². The number of nitrogens with zero attached hydrogens (tertiary/aromatic N) is 6. The number of alkyl halides is 3. The van der Waals surface area contributed by atoms with Gasteiger partial charge in [0, 0.05) is 17.3 Å². The molecule has 0 unspecified atom stereocenters. The molecule has 7 rings (SSSR count). The van der Waals surface area contributed by atoms with E-state index in [1.54, 1.807) is 0 Å². The van der Waals surface area contributed by atoms with Crippen LogP contribution in [0.15, 0.2) is 36.5 Å². The largest absolute Gasteiger partial charge is 0.487 e. The second-order valence-corrected chi connectivity index (χ2v) is 9.83. The molecule has 1 aromatic carbocycles. The standard InChI is InChI=1S/C20H15F4N6O7P/c1-2-7-29-27-15(26-28-29)14-6-3-10(9-25-14)12-5-4-11(8-13(12)21)30-17(32)34-19(18(23,24)16(22)31)20(30)36-38(33,35-19)37-20/h3-6,8-9,16,31H,2,7H2,1H3/t16-,19-,20?,38?/m1/s1. The van der Waals surface area contributed by atoms with Crippen molar-refractivity contribution in [2.75, 3.05) is 4.90 Å². The topological polar surface area (TPSA) is 151 Å². The third-order valence-electron chi connectivity index (χ3n) is 5.96. The van der Waals surface area contributed by atoms with Crippen LogP contribution in [0.5, 0.6) is 0 Å². The van der Waals surface area contributed by atoms with Crippen molar-refractivity contribution < 1.29 is 50.3 Å². The predicted molar refractivity (Wildman–Crippen MR) is 114 cm³/mol. The van der Waals surface area contributed by atoms with Gasteiger partial charge >= 0.3 is 31.5 Å². The van der Waals surface area contributed by atoms with Crippen molar-refractivity contribution in [3.8, 4) is 22.6 Å². The van der Waals surface area contributed by atoms with E-state index in [4.69, 9.17) is 14.2 Å². The number of aromatic nitrogens is 5. The smallest absolute Gasteiger partial charge is 0.401 e. The van der Waals surface area contributed by atoms with Gasteiger partial charge in [0.25, 0.3) is 6.36 Å². The highest BCUT2D eigenvalue weighted by molar-refractivity contribution is 7.50. The molecule has 2 atom stereocenters. The summed E-state index contributed by atoms with van der Waals surface area (Å²) in [5.74, 6) is -12.5. The van der Waals surface area contributed by atoms with Gasteiger partial charge in [0.2, 0.25) is 5.82 Å². The van der Waals surface area contributed by atoms with E-state index in [1.165, 1.54) is 29.2 Å². The van der Waals surface area contributed by atoms with Gasteiger partial charge in [-0.2, -0.15) is 13.6 Å². The zero-order chi connectivity index (χ0) is 27.1. The van der Waals surface area contributed by atoms with Gasteiger partial charge in [-0.05, 0) is 35.9 Å². The summed E-state index contributed by atoms with van der Waals surface area (Å²) >= 11 is 0. The van der Waals surface area contributed by atoms with Crippen molar-refractivity contribution in [3.63, 3.8) is 0 Å². The number of aryl methyl sites for hydroxylation is 1. The summed E-state index contributed by atoms with van der Waals surface area (Å²) in [5.41, 5.74) is 0.233. The summed E-state index contributed by atoms with van der Waals surface area (Å²) in [6.45, 7) is 2.52. The van der Waals surface area contributed by atoms with E-state index in [9.17, 15) is 22.5 Å². The first-order valence-electron chi connectivity index (χ1n) is 10.9. The minimum absolute atomic E-state index is 0.0000223. The highest BCUT2D eigenvalue weighted by Gasteiger charge is 2.97. The third-order valence-corrected chi connectivity index (χ3v) is 7.39. The summed E-state index contributed by atoms with van der Waals surface area (Å²) in [6, 6.07) is 6.13. The maximum absolute atomic E-state index is 15.2. The number of tetrazole rings is 1. The van der Waals surface area contributed by atoms with Crippen molar-refractivity contribution >= 4 is 19.6 Å². The molecule has 2 aromatic heterocycles. The number of benzene rings is 1. The van der Waals surface area contributed by atoms with Gasteiger partial charge in [0.05, 0.1) is 12.2 Å². The van der Waals surface area contributed by atoms with Crippen LogP contribution in [0.1, 0.15) is 13.3 Å². The number of carbonyl (C=O) groups is 1. The molecule has 13 nitrogen and oxygen atoms in total. The second-order valence-electron chi connectivity index (χ2n) is 8.39. The van der Waals surface area contributed by atoms with E-state index in [0.717, 1.165) is 18.6 Å². The molecule has 1 spiro atoms. The normalized spacial score (nSPS) is 28.7. The minimum atomic E-state index is -4.98. The van der Waals surface area contributed by atoms with Gasteiger partial charge in [-0.1, -0.05) is 13.0 Å².